The van der Waals surface area contributed by atoms with E-state index >= 15 is 0 Å². The molecule has 1 aromatic rings. The highest BCUT2D eigenvalue weighted by Crippen LogP contribution is 2.07. The largest absolute Gasteiger partial charge is 0.338 e. The van der Waals surface area contributed by atoms with Gasteiger partial charge >= 0.3 is 0 Å². The summed E-state index contributed by atoms with van der Waals surface area (Å²) in [6.45, 7) is 4.75. The first kappa shape index (κ1) is 10.8. The van der Waals surface area contributed by atoms with Crippen molar-refractivity contribution in [2.75, 3.05) is 31.1 Å². The zero-order valence-corrected chi connectivity index (χ0v) is 9.26. The van der Waals surface area contributed by atoms with E-state index in [0.29, 0.717) is 0 Å². The van der Waals surface area contributed by atoms with Crippen LogP contribution < -0.4 is 10.3 Å². The van der Waals surface area contributed by atoms with Crippen LogP contribution in [0.1, 0.15) is 6.92 Å². The minimum absolute atomic E-state index is 0.0237. The SMILES string of the molecule is CC(=O)NN1CCN(c2ncccn2)CC1. The molecule has 0 radical (unpaired) electrons. The molecule has 0 bridgehead atoms. The van der Waals surface area contributed by atoms with Crippen molar-refractivity contribution in [3.05, 3.63) is 18.5 Å². The topological polar surface area (TPSA) is 61.4 Å². The summed E-state index contributed by atoms with van der Waals surface area (Å²) in [6.07, 6.45) is 3.48. The lowest BCUT2D eigenvalue weighted by Gasteiger charge is -2.34. The van der Waals surface area contributed by atoms with E-state index in [2.05, 4.69) is 20.3 Å². The molecule has 1 aliphatic heterocycles. The van der Waals surface area contributed by atoms with Crippen LogP contribution in [0.25, 0.3) is 0 Å². The lowest BCUT2D eigenvalue weighted by molar-refractivity contribution is -0.123. The van der Waals surface area contributed by atoms with Crippen LogP contribution in [0, 0.1) is 0 Å². The highest BCUT2D eigenvalue weighted by molar-refractivity contribution is 5.72. The number of hydrogen-bond donors (Lipinski definition) is 1. The van der Waals surface area contributed by atoms with Gasteiger partial charge in [0, 0.05) is 45.5 Å². The van der Waals surface area contributed by atoms with Gasteiger partial charge in [0.1, 0.15) is 0 Å². The van der Waals surface area contributed by atoms with E-state index in [1.807, 2.05) is 5.01 Å². The molecular weight excluding hydrogens is 206 g/mol. The van der Waals surface area contributed by atoms with Crippen molar-refractivity contribution in [1.29, 1.82) is 0 Å². The molecule has 0 aromatic carbocycles. The molecule has 86 valence electrons. The van der Waals surface area contributed by atoms with E-state index in [4.69, 9.17) is 0 Å². The fourth-order valence-corrected chi connectivity index (χ4v) is 1.70. The zero-order valence-electron chi connectivity index (χ0n) is 9.26. The molecule has 0 unspecified atom stereocenters. The van der Waals surface area contributed by atoms with Gasteiger partial charge in [-0.25, -0.2) is 15.0 Å². The number of hydrogen-bond acceptors (Lipinski definition) is 5. The van der Waals surface area contributed by atoms with E-state index < -0.39 is 0 Å². The van der Waals surface area contributed by atoms with Crippen LogP contribution >= 0.6 is 0 Å². The average molecular weight is 221 g/mol. The van der Waals surface area contributed by atoms with E-state index in [1.165, 1.54) is 6.92 Å². The molecule has 6 heteroatoms. The summed E-state index contributed by atoms with van der Waals surface area (Å²) >= 11 is 0. The van der Waals surface area contributed by atoms with Crippen LogP contribution in [-0.4, -0.2) is 47.1 Å². The van der Waals surface area contributed by atoms with Crippen molar-refractivity contribution in [3.8, 4) is 0 Å². The fraction of sp³-hybridized carbons (Fsp3) is 0.500. The standard InChI is InChI=1S/C10H15N5O/c1-9(16)13-15-7-5-14(6-8-15)10-11-3-2-4-12-10/h2-4H,5-8H2,1H3,(H,13,16). The molecule has 1 saturated heterocycles. The molecule has 0 spiro atoms. The summed E-state index contributed by atoms with van der Waals surface area (Å²) in [6, 6.07) is 1.80. The molecule has 1 amide bonds. The van der Waals surface area contributed by atoms with Crippen LogP contribution in [0.4, 0.5) is 5.95 Å². The lowest BCUT2D eigenvalue weighted by Crippen LogP contribution is -2.53. The second-order valence-corrected chi connectivity index (χ2v) is 3.69. The average Bonchev–Trinajstić information content (AvgIpc) is 2.30. The zero-order chi connectivity index (χ0) is 11.4. The summed E-state index contributed by atoms with van der Waals surface area (Å²) in [7, 11) is 0. The molecule has 0 aliphatic carbocycles. The first-order chi connectivity index (χ1) is 7.75. The highest BCUT2D eigenvalue weighted by Gasteiger charge is 2.18. The third-order valence-electron chi connectivity index (χ3n) is 2.43. The van der Waals surface area contributed by atoms with Gasteiger partial charge in [-0.15, -0.1) is 0 Å². The molecule has 16 heavy (non-hydrogen) atoms. The molecule has 1 aliphatic rings. The summed E-state index contributed by atoms with van der Waals surface area (Å²) in [5.74, 6) is 0.731. The Morgan fingerprint density at radius 1 is 1.25 bits per heavy atom. The maximum Gasteiger partial charge on any atom is 0.231 e. The number of amides is 1. The van der Waals surface area contributed by atoms with Crippen molar-refractivity contribution in [2.45, 2.75) is 6.92 Å². The van der Waals surface area contributed by atoms with E-state index in [1.54, 1.807) is 18.5 Å². The summed E-state index contributed by atoms with van der Waals surface area (Å²) < 4.78 is 0. The van der Waals surface area contributed by atoms with Crippen molar-refractivity contribution in [1.82, 2.24) is 20.4 Å². The van der Waals surface area contributed by atoms with Crippen molar-refractivity contribution in [3.63, 3.8) is 0 Å². The Balaban J connectivity index is 1.88. The van der Waals surface area contributed by atoms with Gasteiger partial charge in [0.05, 0.1) is 0 Å². The molecule has 2 heterocycles. The lowest BCUT2D eigenvalue weighted by atomic mass is 10.4. The molecule has 1 N–H and O–H groups in total. The first-order valence-corrected chi connectivity index (χ1v) is 5.30. The van der Waals surface area contributed by atoms with Gasteiger partial charge < -0.3 is 4.90 Å². The Hall–Kier alpha value is -1.69. The van der Waals surface area contributed by atoms with Crippen LogP contribution in [0.15, 0.2) is 18.5 Å². The number of hydrazine groups is 1. The number of rotatable bonds is 2. The molecule has 1 fully saturated rings. The van der Waals surface area contributed by atoms with E-state index in [-0.39, 0.29) is 5.91 Å². The summed E-state index contributed by atoms with van der Waals surface area (Å²) in [5.41, 5.74) is 2.78. The highest BCUT2D eigenvalue weighted by atomic mass is 16.2. The maximum absolute atomic E-state index is 10.9. The Kier molecular flexibility index (Phi) is 3.31. The molecule has 0 atom stereocenters. The third-order valence-corrected chi connectivity index (χ3v) is 2.43. The number of aromatic nitrogens is 2. The Morgan fingerprint density at radius 2 is 1.88 bits per heavy atom. The van der Waals surface area contributed by atoms with Crippen molar-refractivity contribution >= 4 is 11.9 Å². The van der Waals surface area contributed by atoms with Crippen LogP contribution in [-0.2, 0) is 4.79 Å². The quantitative estimate of drug-likeness (QED) is 0.739. The van der Waals surface area contributed by atoms with Gasteiger partial charge in [-0.05, 0) is 6.07 Å². The van der Waals surface area contributed by atoms with Gasteiger partial charge in [-0.2, -0.15) is 0 Å². The minimum Gasteiger partial charge on any atom is -0.338 e. The van der Waals surface area contributed by atoms with Crippen LogP contribution in [0.3, 0.4) is 0 Å². The van der Waals surface area contributed by atoms with Gasteiger partial charge in [0.25, 0.3) is 0 Å². The summed E-state index contributed by atoms with van der Waals surface area (Å²) in [5, 5.41) is 1.92. The van der Waals surface area contributed by atoms with Crippen molar-refractivity contribution in [2.24, 2.45) is 0 Å². The van der Waals surface area contributed by atoms with E-state index in [9.17, 15) is 4.79 Å². The number of anilines is 1. The van der Waals surface area contributed by atoms with Gasteiger partial charge in [-0.1, -0.05) is 0 Å². The maximum atomic E-state index is 10.9. The first-order valence-electron chi connectivity index (χ1n) is 5.30. The molecule has 1 aromatic heterocycles. The van der Waals surface area contributed by atoms with E-state index in [0.717, 1.165) is 32.1 Å². The summed E-state index contributed by atoms with van der Waals surface area (Å²) in [4.78, 5) is 21.4. The second-order valence-electron chi connectivity index (χ2n) is 3.69. The Morgan fingerprint density at radius 3 is 2.44 bits per heavy atom. The number of carbonyl (C=O) groups excluding carboxylic acids is 1. The fourth-order valence-electron chi connectivity index (χ4n) is 1.70. The number of nitrogens with zero attached hydrogens (tertiary/aromatic N) is 4. The van der Waals surface area contributed by atoms with Crippen LogP contribution in [0.5, 0.6) is 0 Å². The van der Waals surface area contributed by atoms with Crippen LogP contribution in [0.2, 0.25) is 0 Å². The molecule has 0 saturated carbocycles. The van der Waals surface area contributed by atoms with Gasteiger partial charge in [0.15, 0.2) is 0 Å². The second kappa shape index (κ2) is 4.89. The number of nitrogens with one attached hydrogen (secondary N) is 1. The van der Waals surface area contributed by atoms with Crippen molar-refractivity contribution < 1.29 is 4.79 Å². The Bertz CT molecular complexity index is 347. The smallest absolute Gasteiger partial charge is 0.231 e. The Labute approximate surface area is 94.3 Å². The number of piperazine rings is 1. The van der Waals surface area contributed by atoms with Gasteiger partial charge in [-0.3, -0.25) is 10.2 Å². The molecule has 6 nitrogen and oxygen atoms in total. The predicted octanol–water partition coefficient (Wildman–Crippen LogP) is -0.350. The third kappa shape index (κ3) is 2.66. The molecule has 2 rings (SSSR count). The predicted molar refractivity (Wildman–Crippen MR) is 59.6 cm³/mol. The minimum atomic E-state index is -0.0237. The monoisotopic (exact) mass is 221 g/mol. The van der Waals surface area contributed by atoms with Gasteiger partial charge in [0.2, 0.25) is 11.9 Å². The molecular formula is C10H15N5O. The number of carbonyl (C=O) groups is 1. The normalized spacial score (nSPS) is 17.2.